The third-order valence-corrected chi connectivity index (χ3v) is 3.94. The summed E-state index contributed by atoms with van der Waals surface area (Å²) >= 11 is 0. The lowest BCUT2D eigenvalue weighted by Crippen LogP contribution is -2.43. The van der Waals surface area contributed by atoms with Gasteiger partial charge in [-0.15, -0.1) is 6.58 Å². The van der Waals surface area contributed by atoms with E-state index in [1.807, 2.05) is 12.2 Å². The predicted octanol–water partition coefficient (Wildman–Crippen LogP) is 0.127. The number of nitrogens with zero attached hydrogens (tertiary/aromatic N) is 1. The fourth-order valence-corrected chi connectivity index (χ4v) is 3.11. The molecule has 2 amide bonds. The van der Waals surface area contributed by atoms with Crippen LogP contribution in [-0.4, -0.2) is 48.7 Å². The molecule has 5 nitrogen and oxygen atoms in total. The molecule has 2 fully saturated rings. The Morgan fingerprint density at radius 1 is 1.56 bits per heavy atom. The zero-order valence-corrected chi connectivity index (χ0v) is 10.2. The molecule has 3 rings (SSSR count). The second kappa shape index (κ2) is 3.76. The molecule has 0 aromatic carbocycles. The second-order valence-electron chi connectivity index (χ2n) is 4.94. The van der Waals surface area contributed by atoms with Crippen molar-refractivity contribution in [2.75, 3.05) is 20.3 Å². The van der Waals surface area contributed by atoms with E-state index in [1.165, 1.54) is 11.9 Å². The average molecular weight is 249 g/mol. The number of likely N-dealkylation sites (tertiary alicyclic amines) is 1. The normalized spacial score (nSPS) is 40.7. The summed E-state index contributed by atoms with van der Waals surface area (Å²) in [6.45, 7) is 4.26. The van der Waals surface area contributed by atoms with Crippen molar-refractivity contribution in [1.82, 2.24) is 4.90 Å². The largest absolute Gasteiger partial charge is 0.374 e. The van der Waals surface area contributed by atoms with Crippen LogP contribution in [0.3, 0.4) is 0 Å². The first-order valence-electron chi connectivity index (χ1n) is 5.98. The van der Waals surface area contributed by atoms with Crippen molar-refractivity contribution in [3.63, 3.8) is 0 Å². The minimum atomic E-state index is -0.768. The van der Waals surface area contributed by atoms with Gasteiger partial charge in [0, 0.05) is 7.05 Å². The molecule has 0 aromatic rings. The molecule has 0 aliphatic carbocycles. The fourth-order valence-electron chi connectivity index (χ4n) is 3.11. The van der Waals surface area contributed by atoms with Crippen molar-refractivity contribution in [3.8, 4) is 0 Å². The summed E-state index contributed by atoms with van der Waals surface area (Å²) in [6.07, 6.45) is 5.09. The van der Waals surface area contributed by atoms with Crippen LogP contribution in [0.1, 0.15) is 0 Å². The Balaban J connectivity index is 1.89. The number of imide groups is 1. The van der Waals surface area contributed by atoms with Crippen molar-refractivity contribution in [2.24, 2.45) is 11.8 Å². The van der Waals surface area contributed by atoms with E-state index in [9.17, 15) is 9.59 Å². The SMILES string of the molecule is C=CCOC[C@@]12C=C[C@@H](O1)[C@@H]1C(=O)N(C)C(=O)[C@@H]12. The summed E-state index contributed by atoms with van der Waals surface area (Å²) in [5, 5.41) is 0. The lowest BCUT2D eigenvalue weighted by Gasteiger charge is -2.27. The summed E-state index contributed by atoms with van der Waals surface area (Å²) in [5.74, 6) is -1.13. The van der Waals surface area contributed by atoms with Crippen molar-refractivity contribution in [1.29, 1.82) is 0 Å². The Labute approximate surface area is 105 Å². The van der Waals surface area contributed by atoms with Crippen LogP contribution in [0.5, 0.6) is 0 Å². The van der Waals surface area contributed by atoms with Crippen molar-refractivity contribution < 1.29 is 19.1 Å². The van der Waals surface area contributed by atoms with E-state index in [4.69, 9.17) is 9.47 Å². The molecule has 0 aromatic heterocycles. The Bertz CT molecular complexity index is 458. The Morgan fingerprint density at radius 2 is 2.33 bits per heavy atom. The van der Waals surface area contributed by atoms with Gasteiger partial charge in [-0.3, -0.25) is 14.5 Å². The van der Waals surface area contributed by atoms with Gasteiger partial charge in [0.1, 0.15) is 5.60 Å². The monoisotopic (exact) mass is 249 g/mol. The summed E-state index contributed by atoms with van der Waals surface area (Å²) in [5.41, 5.74) is -0.768. The molecule has 5 heteroatoms. The zero-order valence-electron chi connectivity index (χ0n) is 10.2. The number of amides is 2. The molecule has 0 saturated carbocycles. The molecule has 3 heterocycles. The first kappa shape index (κ1) is 11.6. The number of carbonyl (C=O) groups excluding carboxylic acids is 2. The van der Waals surface area contributed by atoms with E-state index >= 15 is 0 Å². The highest BCUT2D eigenvalue weighted by Crippen LogP contribution is 2.51. The molecule has 0 radical (unpaired) electrons. The second-order valence-corrected chi connectivity index (χ2v) is 4.94. The van der Waals surface area contributed by atoms with Gasteiger partial charge in [0.25, 0.3) is 0 Å². The van der Waals surface area contributed by atoms with Crippen LogP contribution in [0.2, 0.25) is 0 Å². The first-order chi connectivity index (χ1) is 8.60. The molecule has 4 atom stereocenters. The third-order valence-electron chi connectivity index (χ3n) is 3.94. The summed E-state index contributed by atoms with van der Waals surface area (Å²) in [4.78, 5) is 25.3. The molecule has 0 N–H and O–H groups in total. The van der Waals surface area contributed by atoms with Crippen molar-refractivity contribution in [2.45, 2.75) is 11.7 Å². The quantitative estimate of drug-likeness (QED) is 0.403. The lowest BCUT2D eigenvalue weighted by molar-refractivity contribution is -0.144. The van der Waals surface area contributed by atoms with Crippen molar-refractivity contribution in [3.05, 3.63) is 24.8 Å². The molecular weight excluding hydrogens is 234 g/mol. The van der Waals surface area contributed by atoms with E-state index < -0.39 is 11.5 Å². The molecule has 18 heavy (non-hydrogen) atoms. The molecule has 0 unspecified atom stereocenters. The van der Waals surface area contributed by atoms with E-state index in [2.05, 4.69) is 6.58 Å². The number of fused-ring (bicyclic) bond motifs is 5. The van der Waals surface area contributed by atoms with Crippen LogP contribution in [0, 0.1) is 11.8 Å². The highest BCUT2D eigenvalue weighted by atomic mass is 16.6. The van der Waals surface area contributed by atoms with Gasteiger partial charge in [-0.25, -0.2) is 0 Å². The van der Waals surface area contributed by atoms with Crippen molar-refractivity contribution >= 4 is 11.8 Å². The zero-order chi connectivity index (χ0) is 12.9. The van der Waals surface area contributed by atoms with Gasteiger partial charge < -0.3 is 9.47 Å². The van der Waals surface area contributed by atoms with Crippen LogP contribution >= 0.6 is 0 Å². The van der Waals surface area contributed by atoms with Gasteiger partial charge in [0.2, 0.25) is 11.8 Å². The minimum absolute atomic E-state index is 0.148. The molecule has 2 saturated heterocycles. The van der Waals surface area contributed by atoms with Crippen LogP contribution < -0.4 is 0 Å². The summed E-state index contributed by atoms with van der Waals surface area (Å²) < 4.78 is 11.3. The maximum Gasteiger partial charge on any atom is 0.236 e. The van der Waals surface area contributed by atoms with E-state index in [0.717, 1.165) is 0 Å². The maximum atomic E-state index is 12.1. The number of hydrogen-bond acceptors (Lipinski definition) is 4. The number of rotatable bonds is 4. The predicted molar refractivity (Wildman–Crippen MR) is 62.5 cm³/mol. The Hall–Kier alpha value is -1.46. The third kappa shape index (κ3) is 1.29. The highest BCUT2D eigenvalue weighted by Gasteiger charge is 2.66. The lowest BCUT2D eigenvalue weighted by atomic mass is 9.77. The molecule has 0 spiro atoms. The Morgan fingerprint density at radius 3 is 3.06 bits per heavy atom. The van der Waals surface area contributed by atoms with E-state index in [1.54, 1.807) is 6.08 Å². The van der Waals surface area contributed by atoms with Gasteiger partial charge in [-0.2, -0.15) is 0 Å². The van der Waals surface area contributed by atoms with E-state index in [-0.39, 0.29) is 30.4 Å². The van der Waals surface area contributed by atoms with E-state index in [0.29, 0.717) is 6.61 Å². The topological polar surface area (TPSA) is 55.8 Å². The van der Waals surface area contributed by atoms with Gasteiger partial charge in [-0.1, -0.05) is 18.2 Å². The smallest absolute Gasteiger partial charge is 0.236 e. The molecule has 3 aliphatic heterocycles. The molecular formula is C13H15NO4. The first-order valence-corrected chi connectivity index (χ1v) is 5.98. The summed E-state index contributed by atoms with van der Waals surface area (Å²) in [6, 6.07) is 0. The molecule has 2 bridgehead atoms. The number of carbonyl (C=O) groups is 2. The number of hydrogen-bond donors (Lipinski definition) is 0. The van der Waals surface area contributed by atoms with Crippen LogP contribution in [0.25, 0.3) is 0 Å². The fraction of sp³-hybridized carbons (Fsp3) is 0.538. The van der Waals surface area contributed by atoms with Crippen LogP contribution in [-0.2, 0) is 19.1 Å². The summed E-state index contributed by atoms with van der Waals surface area (Å²) in [7, 11) is 1.53. The van der Waals surface area contributed by atoms with Gasteiger partial charge in [-0.05, 0) is 0 Å². The minimum Gasteiger partial charge on any atom is -0.374 e. The molecule has 96 valence electrons. The molecule has 3 aliphatic rings. The number of ether oxygens (including phenoxy) is 2. The highest BCUT2D eigenvalue weighted by molar-refractivity contribution is 6.06. The van der Waals surface area contributed by atoms with Crippen LogP contribution in [0.15, 0.2) is 24.8 Å². The van der Waals surface area contributed by atoms with Gasteiger partial charge in [0.05, 0.1) is 31.2 Å². The standard InChI is InChI=1S/C13H15NO4/c1-3-6-17-7-13-5-4-8(18-13)9-10(13)12(16)14(2)11(9)15/h3-5,8-10H,1,6-7H2,2H3/t8-,9+,10-,13-/m1/s1. The average Bonchev–Trinajstić information content (AvgIpc) is 2.97. The van der Waals surface area contributed by atoms with Gasteiger partial charge >= 0.3 is 0 Å². The maximum absolute atomic E-state index is 12.1. The Kier molecular flexibility index (Phi) is 2.43. The van der Waals surface area contributed by atoms with Crippen LogP contribution in [0.4, 0.5) is 0 Å². The van der Waals surface area contributed by atoms with Gasteiger partial charge in [0.15, 0.2) is 0 Å².